The molecule has 2 heteroatoms. The molecule has 1 unspecified atom stereocenters. The Hall–Kier alpha value is -1.28. The fraction of sp³-hybridized carbons (Fsp3) is 0.556. The third-order valence-corrected chi connectivity index (χ3v) is 4.28. The van der Waals surface area contributed by atoms with E-state index in [1.54, 1.807) is 0 Å². The molecule has 0 aliphatic heterocycles. The highest BCUT2D eigenvalue weighted by molar-refractivity contribution is 5.86. The molecule has 0 aliphatic rings. The Morgan fingerprint density at radius 1 is 1.15 bits per heavy atom. The number of aromatic amines is 1. The lowest BCUT2D eigenvalue weighted by molar-refractivity contribution is 0.279. The number of H-pyrrole nitrogens is 1. The minimum absolute atomic E-state index is 0.516. The molecule has 0 amide bonds. The van der Waals surface area contributed by atoms with Gasteiger partial charge in [0.2, 0.25) is 0 Å². The first-order chi connectivity index (χ1) is 9.69. The lowest BCUT2D eigenvalue weighted by Gasteiger charge is -2.24. The average molecular weight is 272 g/mol. The van der Waals surface area contributed by atoms with E-state index in [1.807, 2.05) is 0 Å². The predicted molar refractivity (Wildman–Crippen MR) is 88.2 cm³/mol. The van der Waals surface area contributed by atoms with E-state index < -0.39 is 0 Å². The molecule has 2 rings (SSSR count). The fourth-order valence-electron chi connectivity index (χ4n) is 3.09. The zero-order valence-electron chi connectivity index (χ0n) is 13.4. The number of unbranched alkanes of at least 4 members (excludes halogenated alkanes) is 2. The zero-order chi connectivity index (χ0) is 14.5. The number of para-hydroxylation sites is 1. The van der Waals surface area contributed by atoms with Crippen molar-refractivity contribution in [2.24, 2.45) is 0 Å². The van der Waals surface area contributed by atoms with E-state index in [2.05, 4.69) is 62.2 Å². The Bertz CT molecular complexity index is 539. The monoisotopic (exact) mass is 272 g/mol. The van der Waals surface area contributed by atoms with Crippen LogP contribution >= 0.6 is 0 Å². The van der Waals surface area contributed by atoms with Crippen LogP contribution < -0.4 is 0 Å². The highest BCUT2D eigenvalue weighted by Crippen LogP contribution is 2.32. The van der Waals surface area contributed by atoms with Crippen molar-refractivity contribution < 1.29 is 0 Å². The minimum atomic E-state index is 0.516. The molecule has 0 fully saturated rings. The summed E-state index contributed by atoms with van der Waals surface area (Å²) in [5.74, 6) is 0. The maximum atomic E-state index is 3.51. The molecule has 2 aromatic rings. The summed E-state index contributed by atoms with van der Waals surface area (Å²) in [5, 5.41) is 1.40. The van der Waals surface area contributed by atoms with Crippen LogP contribution in [0.1, 0.15) is 56.7 Å². The van der Waals surface area contributed by atoms with E-state index >= 15 is 0 Å². The lowest BCUT2D eigenvalue weighted by Crippen LogP contribution is -2.19. The summed E-state index contributed by atoms with van der Waals surface area (Å²) >= 11 is 0. The fourth-order valence-corrected chi connectivity index (χ4v) is 3.09. The summed E-state index contributed by atoms with van der Waals surface area (Å²) in [4.78, 5) is 5.86. The summed E-state index contributed by atoms with van der Waals surface area (Å²) < 4.78 is 0. The van der Waals surface area contributed by atoms with Crippen LogP contribution in [0.3, 0.4) is 0 Å². The molecule has 0 saturated heterocycles. The van der Waals surface area contributed by atoms with E-state index in [-0.39, 0.29) is 0 Å². The molecule has 110 valence electrons. The van der Waals surface area contributed by atoms with Crippen LogP contribution in [-0.2, 0) is 6.42 Å². The van der Waals surface area contributed by atoms with Crippen LogP contribution in [0.4, 0.5) is 0 Å². The Balaban J connectivity index is 2.33. The molecule has 20 heavy (non-hydrogen) atoms. The lowest BCUT2D eigenvalue weighted by atomic mass is 9.97. The van der Waals surface area contributed by atoms with Crippen molar-refractivity contribution in [1.29, 1.82) is 0 Å². The van der Waals surface area contributed by atoms with E-state index in [0.29, 0.717) is 6.04 Å². The van der Waals surface area contributed by atoms with Crippen molar-refractivity contribution in [3.63, 3.8) is 0 Å². The number of rotatable bonds is 7. The van der Waals surface area contributed by atoms with Gasteiger partial charge in [-0.15, -0.1) is 0 Å². The number of hydrogen-bond acceptors (Lipinski definition) is 1. The average Bonchev–Trinajstić information content (AvgIpc) is 2.87. The van der Waals surface area contributed by atoms with Gasteiger partial charge in [-0.1, -0.05) is 51.3 Å². The summed E-state index contributed by atoms with van der Waals surface area (Å²) in [5.41, 5.74) is 4.20. The molecule has 1 heterocycles. The Labute approximate surface area is 123 Å². The van der Waals surface area contributed by atoms with Crippen LogP contribution in [0.5, 0.6) is 0 Å². The van der Waals surface area contributed by atoms with E-state index in [0.717, 1.165) is 6.42 Å². The van der Waals surface area contributed by atoms with Crippen molar-refractivity contribution in [2.45, 2.75) is 52.0 Å². The van der Waals surface area contributed by atoms with E-state index in [1.165, 1.54) is 47.7 Å². The van der Waals surface area contributed by atoms with Crippen LogP contribution in [0.15, 0.2) is 24.4 Å². The van der Waals surface area contributed by atoms with Gasteiger partial charge in [0.25, 0.3) is 0 Å². The molecule has 0 radical (unpaired) electrons. The van der Waals surface area contributed by atoms with Crippen LogP contribution in [-0.4, -0.2) is 24.0 Å². The van der Waals surface area contributed by atoms with Crippen LogP contribution in [0, 0.1) is 0 Å². The second-order valence-electron chi connectivity index (χ2n) is 5.91. The molecule has 1 atom stereocenters. The third-order valence-electron chi connectivity index (χ3n) is 4.28. The number of fused-ring (bicyclic) bond motifs is 1. The summed E-state index contributed by atoms with van der Waals surface area (Å²) in [6.45, 7) is 4.49. The second kappa shape index (κ2) is 6.94. The summed E-state index contributed by atoms with van der Waals surface area (Å²) in [7, 11) is 4.39. The first-order valence-corrected chi connectivity index (χ1v) is 7.94. The first-order valence-electron chi connectivity index (χ1n) is 7.94. The van der Waals surface area contributed by atoms with Crippen molar-refractivity contribution in [1.82, 2.24) is 9.88 Å². The molecule has 2 nitrogen and oxygen atoms in total. The molecule has 1 aromatic heterocycles. The predicted octanol–water partition coefficient (Wildman–Crippen LogP) is 4.91. The highest BCUT2D eigenvalue weighted by Gasteiger charge is 2.18. The van der Waals surface area contributed by atoms with Gasteiger partial charge in [0.1, 0.15) is 0 Å². The summed E-state index contributed by atoms with van der Waals surface area (Å²) in [6, 6.07) is 7.19. The number of nitrogens with zero attached hydrogens (tertiary/aromatic N) is 1. The first kappa shape index (κ1) is 15.1. The maximum Gasteiger partial charge on any atom is 0.0489 e. The number of aryl methyl sites for hydroxylation is 1. The second-order valence-corrected chi connectivity index (χ2v) is 5.91. The molecule has 0 bridgehead atoms. The van der Waals surface area contributed by atoms with Gasteiger partial charge in [-0.05, 0) is 38.1 Å². The van der Waals surface area contributed by atoms with E-state index in [9.17, 15) is 0 Å². The molecule has 1 N–H and O–H groups in total. The van der Waals surface area contributed by atoms with Gasteiger partial charge in [0.05, 0.1) is 0 Å². The smallest absolute Gasteiger partial charge is 0.0489 e. The van der Waals surface area contributed by atoms with Crippen LogP contribution in [0.2, 0.25) is 0 Å². The number of benzene rings is 1. The third kappa shape index (κ3) is 3.06. The summed E-state index contributed by atoms with van der Waals surface area (Å²) in [6.07, 6.45) is 8.46. The molecule has 0 spiro atoms. The largest absolute Gasteiger partial charge is 0.361 e. The zero-order valence-corrected chi connectivity index (χ0v) is 13.4. The normalized spacial score (nSPS) is 13.2. The molecular weight excluding hydrogens is 244 g/mol. The van der Waals surface area contributed by atoms with Crippen molar-refractivity contribution >= 4 is 10.9 Å². The minimum Gasteiger partial charge on any atom is -0.361 e. The van der Waals surface area contributed by atoms with Crippen molar-refractivity contribution in [3.05, 3.63) is 35.5 Å². The van der Waals surface area contributed by atoms with Gasteiger partial charge < -0.3 is 9.88 Å². The number of nitrogens with one attached hydrogen (secondary N) is 1. The Morgan fingerprint density at radius 3 is 2.60 bits per heavy atom. The quantitative estimate of drug-likeness (QED) is 0.709. The van der Waals surface area contributed by atoms with Gasteiger partial charge in [0, 0.05) is 23.1 Å². The van der Waals surface area contributed by atoms with Gasteiger partial charge in [-0.2, -0.15) is 0 Å². The maximum absolute atomic E-state index is 3.51. The van der Waals surface area contributed by atoms with Crippen molar-refractivity contribution in [2.75, 3.05) is 14.1 Å². The van der Waals surface area contributed by atoms with Gasteiger partial charge in [-0.3, -0.25) is 0 Å². The van der Waals surface area contributed by atoms with Gasteiger partial charge >= 0.3 is 0 Å². The number of hydrogen-bond donors (Lipinski definition) is 1. The van der Waals surface area contributed by atoms with Gasteiger partial charge in [-0.25, -0.2) is 0 Å². The van der Waals surface area contributed by atoms with Gasteiger partial charge in [0.15, 0.2) is 0 Å². The molecular formula is C18H28N2. The number of aromatic nitrogens is 1. The molecule has 1 aromatic carbocycles. The topological polar surface area (TPSA) is 19.0 Å². The SMILES string of the molecule is CCCCCC(c1c[nH]c2c(CC)cccc12)N(C)C. The molecule has 0 saturated carbocycles. The Morgan fingerprint density at radius 2 is 1.95 bits per heavy atom. The highest BCUT2D eigenvalue weighted by atomic mass is 15.1. The standard InChI is InChI=1S/C18H28N2/c1-5-7-8-12-17(20(3)4)16-13-19-18-14(6-2)10-9-11-15(16)18/h9-11,13,17,19H,5-8,12H2,1-4H3. The molecule has 0 aliphatic carbocycles. The van der Waals surface area contributed by atoms with E-state index in [4.69, 9.17) is 0 Å². The van der Waals surface area contributed by atoms with Crippen LogP contribution in [0.25, 0.3) is 10.9 Å². The Kier molecular flexibility index (Phi) is 5.24. The van der Waals surface area contributed by atoms with Crippen molar-refractivity contribution in [3.8, 4) is 0 Å².